The molecular formula is C19H31N. The number of rotatable bonds is 10. The summed E-state index contributed by atoms with van der Waals surface area (Å²) >= 11 is 0. The summed E-state index contributed by atoms with van der Waals surface area (Å²) in [7, 11) is 0. The van der Waals surface area contributed by atoms with Gasteiger partial charge in [0, 0.05) is 12.6 Å². The molecule has 1 nitrogen and oxygen atoms in total. The summed E-state index contributed by atoms with van der Waals surface area (Å²) in [6, 6.07) is 9.77. The van der Waals surface area contributed by atoms with Crippen molar-refractivity contribution in [3.8, 4) is 0 Å². The van der Waals surface area contributed by atoms with Crippen molar-refractivity contribution in [3.63, 3.8) is 0 Å². The van der Waals surface area contributed by atoms with Gasteiger partial charge in [0.05, 0.1) is 0 Å². The summed E-state index contributed by atoms with van der Waals surface area (Å²) < 4.78 is 0. The third kappa shape index (κ3) is 5.28. The first-order valence-electron chi connectivity index (χ1n) is 8.60. The second-order valence-corrected chi connectivity index (χ2v) is 6.44. The molecule has 1 fully saturated rings. The highest BCUT2D eigenvalue weighted by Gasteiger charge is 2.22. The first-order valence-corrected chi connectivity index (χ1v) is 8.60. The number of unbranched alkanes of at least 4 members (excludes halogenated alkanes) is 4. The fourth-order valence-electron chi connectivity index (χ4n) is 3.00. The number of benzene rings is 1. The van der Waals surface area contributed by atoms with Gasteiger partial charge in [-0.05, 0) is 43.2 Å². The molecule has 0 aromatic heterocycles. The molecule has 0 aliphatic heterocycles. The van der Waals surface area contributed by atoms with Crippen molar-refractivity contribution >= 4 is 0 Å². The molecule has 1 saturated carbocycles. The van der Waals surface area contributed by atoms with Crippen LogP contribution in [0.1, 0.15) is 75.3 Å². The zero-order valence-electron chi connectivity index (χ0n) is 13.3. The van der Waals surface area contributed by atoms with Crippen molar-refractivity contribution in [3.05, 3.63) is 35.4 Å². The molecule has 1 heteroatoms. The van der Waals surface area contributed by atoms with Crippen LogP contribution < -0.4 is 5.32 Å². The molecule has 1 aliphatic rings. The summed E-state index contributed by atoms with van der Waals surface area (Å²) in [6.45, 7) is 5.72. The predicted molar refractivity (Wildman–Crippen MR) is 88.3 cm³/mol. The zero-order valence-corrected chi connectivity index (χ0v) is 13.3. The van der Waals surface area contributed by atoms with E-state index in [1.807, 2.05) is 0 Å². The minimum absolute atomic E-state index is 0.707. The molecule has 0 radical (unpaired) electrons. The third-order valence-corrected chi connectivity index (χ3v) is 4.51. The maximum atomic E-state index is 3.73. The van der Waals surface area contributed by atoms with Gasteiger partial charge >= 0.3 is 0 Å². The molecule has 1 atom stereocenters. The Kier molecular flexibility index (Phi) is 6.59. The number of hydrogen-bond acceptors (Lipinski definition) is 1. The van der Waals surface area contributed by atoms with Gasteiger partial charge in [0.15, 0.2) is 0 Å². The Bertz CT molecular complexity index is 381. The van der Waals surface area contributed by atoms with Gasteiger partial charge in [0.2, 0.25) is 0 Å². The van der Waals surface area contributed by atoms with Crippen molar-refractivity contribution in [2.75, 3.05) is 6.54 Å². The van der Waals surface area contributed by atoms with Crippen LogP contribution in [0.25, 0.3) is 0 Å². The largest absolute Gasteiger partial charge is 0.313 e. The van der Waals surface area contributed by atoms with Crippen LogP contribution in [-0.2, 0) is 0 Å². The van der Waals surface area contributed by atoms with Gasteiger partial charge in [0.25, 0.3) is 0 Å². The number of hydrogen-bond donors (Lipinski definition) is 1. The highest BCUT2D eigenvalue weighted by molar-refractivity contribution is 5.29. The van der Waals surface area contributed by atoms with Gasteiger partial charge in [-0.15, -0.1) is 0 Å². The molecule has 2 rings (SSSR count). The van der Waals surface area contributed by atoms with Crippen molar-refractivity contribution in [2.24, 2.45) is 0 Å². The Morgan fingerprint density at radius 2 is 1.85 bits per heavy atom. The Morgan fingerprint density at radius 3 is 2.55 bits per heavy atom. The van der Waals surface area contributed by atoms with E-state index in [0.717, 1.165) is 6.04 Å². The quantitative estimate of drug-likeness (QED) is 0.578. The maximum Gasteiger partial charge on any atom is 0.00684 e. The van der Waals surface area contributed by atoms with E-state index in [1.54, 1.807) is 5.56 Å². The Morgan fingerprint density at radius 1 is 1.10 bits per heavy atom. The van der Waals surface area contributed by atoms with Crippen LogP contribution in [0.15, 0.2) is 24.3 Å². The van der Waals surface area contributed by atoms with E-state index in [2.05, 4.69) is 43.4 Å². The summed E-state index contributed by atoms with van der Waals surface area (Å²) in [6.07, 6.45) is 11.0. The van der Waals surface area contributed by atoms with E-state index < -0.39 is 0 Å². The van der Waals surface area contributed by atoms with Crippen LogP contribution in [0.2, 0.25) is 0 Å². The van der Waals surface area contributed by atoms with Crippen LogP contribution in [0.4, 0.5) is 0 Å². The molecule has 112 valence electrons. The van der Waals surface area contributed by atoms with E-state index in [-0.39, 0.29) is 0 Å². The Hall–Kier alpha value is -0.820. The lowest BCUT2D eigenvalue weighted by Gasteiger charge is -2.20. The average molecular weight is 273 g/mol. The monoisotopic (exact) mass is 273 g/mol. The summed E-state index contributed by atoms with van der Waals surface area (Å²) in [5.41, 5.74) is 3.03. The molecule has 0 heterocycles. The van der Waals surface area contributed by atoms with E-state index in [9.17, 15) is 0 Å². The van der Waals surface area contributed by atoms with Crippen molar-refractivity contribution in [1.82, 2.24) is 5.32 Å². The molecule has 1 aromatic carbocycles. The van der Waals surface area contributed by atoms with Gasteiger partial charge in [-0.2, -0.15) is 0 Å². The Labute approximate surface area is 125 Å². The molecule has 1 aliphatic carbocycles. The fourth-order valence-corrected chi connectivity index (χ4v) is 3.00. The van der Waals surface area contributed by atoms with Crippen LogP contribution in [0.3, 0.4) is 0 Å². The SMILES string of the molecule is CCCCCCCC(CNC1CC1)c1ccccc1C. The van der Waals surface area contributed by atoms with Crippen LogP contribution in [0, 0.1) is 6.92 Å². The van der Waals surface area contributed by atoms with Gasteiger partial charge < -0.3 is 5.32 Å². The summed E-state index contributed by atoms with van der Waals surface area (Å²) in [5, 5.41) is 3.73. The second kappa shape index (κ2) is 8.46. The molecule has 20 heavy (non-hydrogen) atoms. The van der Waals surface area contributed by atoms with Gasteiger partial charge in [-0.25, -0.2) is 0 Å². The lowest BCUT2D eigenvalue weighted by molar-refractivity contribution is 0.507. The van der Waals surface area contributed by atoms with Crippen molar-refractivity contribution in [1.29, 1.82) is 0 Å². The topological polar surface area (TPSA) is 12.0 Å². The van der Waals surface area contributed by atoms with Crippen LogP contribution in [0.5, 0.6) is 0 Å². The van der Waals surface area contributed by atoms with E-state index in [4.69, 9.17) is 0 Å². The second-order valence-electron chi connectivity index (χ2n) is 6.44. The fraction of sp³-hybridized carbons (Fsp3) is 0.684. The average Bonchev–Trinajstić information content (AvgIpc) is 3.27. The van der Waals surface area contributed by atoms with Gasteiger partial charge in [-0.1, -0.05) is 63.3 Å². The molecule has 0 amide bonds. The lowest BCUT2D eigenvalue weighted by atomic mass is 9.90. The van der Waals surface area contributed by atoms with Crippen molar-refractivity contribution in [2.45, 2.75) is 77.2 Å². The number of nitrogens with one attached hydrogen (secondary N) is 1. The molecular weight excluding hydrogens is 242 g/mol. The Balaban J connectivity index is 1.84. The first kappa shape index (κ1) is 15.6. The van der Waals surface area contributed by atoms with Gasteiger partial charge in [-0.3, -0.25) is 0 Å². The van der Waals surface area contributed by atoms with E-state index >= 15 is 0 Å². The lowest BCUT2D eigenvalue weighted by Crippen LogP contribution is -2.24. The zero-order chi connectivity index (χ0) is 14.2. The smallest absolute Gasteiger partial charge is 0.00684 e. The molecule has 1 aromatic rings. The summed E-state index contributed by atoms with van der Waals surface area (Å²) in [5.74, 6) is 0.707. The minimum Gasteiger partial charge on any atom is -0.313 e. The standard InChI is InChI=1S/C19H31N/c1-3-4-5-6-7-11-17(15-20-18-13-14-18)19-12-9-8-10-16(19)2/h8-10,12,17-18,20H,3-7,11,13-15H2,1-2H3. The summed E-state index contributed by atoms with van der Waals surface area (Å²) in [4.78, 5) is 0. The highest BCUT2D eigenvalue weighted by atomic mass is 14.9. The normalized spacial score (nSPS) is 16.3. The molecule has 0 spiro atoms. The minimum atomic E-state index is 0.707. The highest BCUT2D eigenvalue weighted by Crippen LogP contribution is 2.27. The van der Waals surface area contributed by atoms with Crippen molar-refractivity contribution < 1.29 is 0 Å². The molecule has 1 N–H and O–H groups in total. The van der Waals surface area contributed by atoms with Crippen LogP contribution in [-0.4, -0.2) is 12.6 Å². The predicted octanol–water partition coefficient (Wildman–Crippen LogP) is 5.19. The van der Waals surface area contributed by atoms with E-state index in [0.29, 0.717) is 5.92 Å². The molecule has 0 bridgehead atoms. The van der Waals surface area contributed by atoms with Gasteiger partial charge in [0.1, 0.15) is 0 Å². The van der Waals surface area contributed by atoms with E-state index in [1.165, 1.54) is 63.5 Å². The van der Waals surface area contributed by atoms with Crippen LogP contribution >= 0.6 is 0 Å². The molecule has 1 unspecified atom stereocenters. The molecule has 0 saturated heterocycles. The maximum absolute atomic E-state index is 3.73. The number of aryl methyl sites for hydroxylation is 1. The first-order chi connectivity index (χ1) is 9.81. The third-order valence-electron chi connectivity index (χ3n) is 4.51.